The number of anilines is 2. The van der Waals surface area contributed by atoms with Crippen LogP contribution in [0.15, 0.2) is 43.0 Å². The van der Waals surface area contributed by atoms with Crippen LogP contribution in [0.1, 0.15) is 19.0 Å². The first kappa shape index (κ1) is 11.1. The number of hydrogen-bond acceptors (Lipinski definition) is 2. The molecule has 0 bridgehead atoms. The number of hydrogen-bond donors (Lipinski definition) is 1. The van der Waals surface area contributed by atoms with E-state index in [1.165, 1.54) is 18.5 Å². The Labute approximate surface area is 107 Å². The summed E-state index contributed by atoms with van der Waals surface area (Å²) >= 11 is 0. The predicted octanol–water partition coefficient (Wildman–Crippen LogP) is 1.69. The van der Waals surface area contributed by atoms with Gasteiger partial charge in [-0.3, -0.25) is 0 Å². The van der Waals surface area contributed by atoms with Crippen molar-refractivity contribution >= 4 is 11.4 Å². The third kappa shape index (κ3) is 1.94. The maximum atomic E-state index is 5.75. The summed E-state index contributed by atoms with van der Waals surface area (Å²) in [4.78, 5) is 2.44. The average Bonchev–Trinajstić information content (AvgIpc) is 2.98. The first-order valence-electron chi connectivity index (χ1n) is 6.39. The van der Waals surface area contributed by atoms with Crippen LogP contribution in [0.3, 0.4) is 0 Å². The minimum absolute atomic E-state index is 0.426. The Balaban J connectivity index is 1.89. The SMILES string of the molecule is C[n+]1ccn(C2CCCN2c2ccc(N)cc2)c1. The van der Waals surface area contributed by atoms with Crippen molar-refractivity contribution in [2.45, 2.75) is 19.0 Å². The van der Waals surface area contributed by atoms with Crippen LogP contribution in [-0.4, -0.2) is 11.1 Å². The Morgan fingerprint density at radius 2 is 2.06 bits per heavy atom. The molecule has 1 saturated heterocycles. The summed E-state index contributed by atoms with van der Waals surface area (Å²) in [5.74, 6) is 0. The smallest absolute Gasteiger partial charge is 0.245 e. The molecule has 1 atom stereocenters. The zero-order valence-electron chi connectivity index (χ0n) is 10.7. The van der Waals surface area contributed by atoms with Crippen molar-refractivity contribution in [3.8, 4) is 0 Å². The van der Waals surface area contributed by atoms with Crippen molar-refractivity contribution in [2.24, 2.45) is 7.05 Å². The highest BCUT2D eigenvalue weighted by molar-refractivity contribution is 5.53. The second-order valence-electron chi connectivity index (χ2n) is 4.93. The van der Waals surface area contributed by atoms with Crippen molar-refractivity contribution in [3.05, 3.63) is 43.0 Å². The number of imidazole rings is 1. The van der Waals surface area contributed by atoms with Crippen LogP contribution < -0.4 is 15.2 Å². The van der Waals surface area contributed by atoms with Crippen LogP contribution in [0.4, 0.5) is 11.4 Å². The average molecular weight is 243 g/mol. The van der Waals surface area contributed by atoms with Gasteiger partial charge < -0.3 is 10.6 Å². The van der Waals surface area contributed by atoms with Gasteiger partial charge in [-0.25, -0.2) is 9.13 Å². The lowest BCUT2D eigenvalue weighted by atomic mass is 10.2. The van der Waals surface area contributed by atoms with Gasteiger partial charge in [-0.15, -0.1) is 0 Å². The number of rotatable bonds is 2. The van der Waals surface area contributed by atoms with E-state index in [9.17, 15) is 0 Å². The molecule has 2 aromatic rings. The van der Waals surface area contributed by atoms with Gasteiger partial charge in [0.15, 0.2) is 6.17 Å². The number of nitrogen functional groups attached to an aromatic ring is 1. The standard InChI is InChI=1S/C14H19N4/c1-16-9-10-17(11-16)14-3-2-8-18(14)13-6-4-12(15)5-7-13/h4-7,9-11,14H,2-3,8,15H2,1H3/q+1. The zero-order valence-corrected chi connectivity index (χ0v) is 10.7. The molecular weight excluding hydrogens is 224 g/mol. The number of aryl methyl sites for hydroxylation is 1. The lowest BCUT2D eigenvalue weighted by Crippen LogP contribution is -2.29. The highest BCUT2D eigenvalue weighted by Crippen LogP contribution is 2.32. The van der Waals surface area contributed by atoms with E-state index in [2.05, 4.69) is 51.9 Å². The van der Waals surface area contributed by atoms with Gasteiger partial charge in [0.25, 0.3) is 0 Å². The normalized spacial score (nSPS) is 19.4. The Morgan fingerprint density at radius 1 is 1.28 bits per heavy atom. The summed E-state index contributed by atoms with van der Waals surface area (Å²) in [5, 5.41) is 0. The van der Waals surface area contributed by atoms with Gasteiger partial charge in [-0.2, -0.15) is 0 Å². The van der Waals surface area contributed by atoms with Gasteiger partial charge in [0.1, 0.15) is 12.4 Å². The maximum absolute atomic E-state index is 5.75. The van der Waals surface area contributed by atoms with Gasteiger partial charge in [0.05, 0.1) is 7.05 Å². The summed E-state index contributed by atoms with van der Waals surface area (Å²) in [6, 6.07) is 8.16. The van der Waals surface area contributed by atoms with E-state index in [0.717, 1.165) is 12.2 Å². The molecule has 2 N–H and O–H groups in total. The van der Waals surface area contributed by atoms with Crippen molar-refractivity contribution in [1.82, 2.24) is 4.57 Å². The van der Waals surface area contributed by atoms with Crippen molar-refractivity contribution in [3.63, 3.8) is 0 Å². The van der Waals surface area contributed by atoms with E-state index in [0.29, 0.717) is 6.17 Å². The summed E-state index contributed by atoms with van der Waals surface area (Å²) < 4.78 is 4.36. The summed E-state index contributed by atoms with van der Waals surface area (Å²) in [6.07, 6.45) is 9.21. The Morgan fingerprint density at radius 3 is 2.72 bits per heavy atom. The van der Waals surface area contributed by atoms with E-state index < -0.39 is 0 Å². The van der Waals surface area contributed by atoms with E-state index >= 15 is 0 Å². The third-order valence-corrected chi connectivity index (χ3v) is 3.58. The summed E-state index contributed by atoms with van der Waals surface area (Å²) in [5.41, 5.74) is 7.82. The van der Waals surface area contributed by atoms with Gasteiger partial charge in [-0.05, 0) is 30.7 Å². The summed E-state index contributed by atoms with van der Waals surface area (Å²) in [6.45, 7) is 1.11. The molecule has 1 aliphatic heterocycles. The molecule has 0 amide bonds. The van der Waals surface area contributed by atoms with Crippen LogP contribution in [0.5, 0.6) is 0 Å². The molecule has 1 unspecified atom stereocenters. The van der Waals surface area contributed by atoms with Crippen LogP contribution in [0.25, 0.3) is 0 Å². The van der Waals surface area contributed by atoms with E-state index in [4.69, 9.17) is 5.73 Å². The largest absolute Gasteiger partial charge is 0.399 e. The minimum Gasteiger partial charge on any atom is -0.399 e. The van der Waals surface area contributed by atoms with E-state index in [1.807, 2.05) is 12.1 Å². The van der Waals surface area contributed by atoms with E-state index in [-0.39, 0.29) is 0 Å². The van der Waals surface area contributed by atoms with Crippen molar-refractivity contribution < 1.29 is 4.57 Å². The van der Waals surface area contributed by atoms with E-state index in [1.54, 1.807) is 0 Å². The molecule has 1 aromatic heterocycles. The molecule has 1 aliphatic rings. The third-order valence-electron chi connectivity index (χ3n) is 3.58. The Bertz CT molecular complexity index is 529. The van der Waals surface area contributed by atoms with Gasteiger partial charge >= 0.3 is 0 Å². The predicted molar refractivity (Wildman–Crippen MR) is 72.1 cm³/mol. The van der Waals surface area contributed by atoms with Crippen LogP contribution in [0.2, 0.25) is 0 Å². The highest BCUT2D eigenvalue weighted by atomic mass is 15.3. The maximum Gasteiger partial charge on any atom is 0.245 e. The second kappa shape index (κ2) is 4.37. The molecular formula is C14H19N4+. The fraction of sp³-hybridized carbons (Fsp3) is 0.357. The van der Waals surface area contributed by atoms with Gasteiger partial charge in [0, 0.05) is 24.3 Å². The number of nitrogens with zero attached hydrogens (tertiary/aromatic N) is 3. The molecule has 0 radical (unpaired) electrons. The van der Waals surface area contributed by atoms with Crippen LogP contribution in [0, 0.1) is 0 Å². The monoisotopic (exact) mass is 243 g/mol. The first-order valence-corrected chi connectivity index (χ1v) is 6.39. The topological polar surface area (TPSA) is 38.1 Å². The Kier molecular flexibility index (Phi) is 2.70. The highest BCUT2D eigenvalue weighted by Gasteiger charge is 2.29. The second-order valence-corrected chi connectivity index (χ2v) is 4.93. The molecule has 3 rings (SSSR count). The minimum atomic E-state index is 0.426. The number of aromatic nitrogens is 2. The van der Waals surface area contributed by atoms with Gasteiger partial charge in [-0.1, -0.05) is 0 Å². The fourth-order valence-corrected chi connectivity index (χ4v) is 2.67. The Hall–Kier alpha value is -1.97. The van der Waals surface area contributed by atoms with Crippen LogP contribution in [-0.2, 0) is 7.05 Å². The molecule has 18 heavy (non-hydrogen) atoms. The molecule has 1 aromatic carbocycles. The number of nitrogens with two attached hydrogens (primary N) is 1. The lowest BCUT2D eigenvalue weighted by Gasteiger charge is -2.24. The molecule has 2 heterocycles. The molecule has 94 valence electrons. The molecule has 4 heteroatoms. The zero-order chi connectivity index (χ0) is 12.5. The fourth-order valence-electron chi connectivity index (χ4n) is 2.67. The van der Waals surface area contributed by atoms with Crippen molar-refractivity contribution in [2.75, 3.05) is 17.2 Å². The quantitative estimate of drug-likeness (QED) is 0.644. The van der Waals surface area contributed by atoms with Gasteiger partial charge in [0.2, 0.25) is 6.33 Å². The molecule has 0 spiro atoms. The first-order chi connectivity index (χ1) is 8.74. The molecule has 4 nitrogen and oxygen atoms in total. The van der Waals surface area contributed by atoms with Crippen molar-refractivity contribution in [1.29, 1.82) is 0 Å². The van der Waals surface area contributed by atoms with Crippen LogP contribution >= 0.6 is 0 Å². The molecule has 0 aliphatic carbocycles. The number of benzene rings is 1. The molecule has 0 saturated carbocycles. The molecule has 1 fully saturated rings. The summed E-state index contributed by atoms with van der Waals surface area (Å²) in [7, 11) is 2.05. The lowest BCUT2D eigenvalue weighted by molar-refractivity contribution is -0.671.